The lowest BCUT2D eigenvalue weighted by atomic mass is 10.0. The Labute approximate surface area is 50.4 Å². The molecule has 0 aliphatic carbocycles. The summed E-state index contributed by atoms with van der Waals surface area (Å²) in [6, 6.07) is 0.653. The molecule has 0 bridgehead atoms. The quantitative estimate of drug-likeness (QED) is 0.501. The van der Waals surface area contributed by atoms with E-state index >= 15 is 0 Å². The lowest BCUT2D eigenvalue weighted by molar-refractivity contribution is 0.487. The van der Waals surface area contributed by atoms with Gasteiger partial charge in [-0.3, -0.25) is 0 Å². The topological polar surface area (TPSA) is 38.0 Å². The smallest absolute Gasteiger partial charge is 0.00795 e. The van der Waals surface area contributed by atoms with Gasteiger partial charge < -0.3 is 11.1 Å². The van der Waals surface area contributed by atoms with E-state index in [1.54, 1.807) is 0 Å². The summed E-state index contributed by atoms with van der Waals surface area (Å²) in [5, 5.41) is 3.34. The molecule has 3 N–H and O–H groups in total. The van der Waals surface area contributed by atoms with E-state index in [-0.39, 0.29) is 0 Å². The monoisotopic (exact) mass is 114 g/mol. The average Bonchev–Trinajstić information content (AvgIpc) is 2.14. The van der Waals surface area contributed by atoms with Gasteiger partial charge in [0.1, 0.15) is 0 Å². The molecule has 0 radical (unpaired) electrons. The average molecular weight is 114 g/mol. The molecule has 2 nitrogen and oxygen atoms in total. The molecule has 2 heteroatoms. The zero-order chi connectivity index (χ0) is 5.98. The molecule has 0 aromatic carbocycles. The fourth-order valence-electron chi connectivity index (χ4n) is 1.24. The third kappa shape index (κ3) is 1.01. The van der Waals surface area contributed by atoms with Crippen LogP contribution in [0, 0.1) is 5.92 Å². The van der Waals surface area contributed by atoms with E-state index in [9.17, 15) is 0 Å². The number of rotatable bonds is 1. The zero-order valence-corrected chi connectivity index (χ0v) is 5.35. The Hall–Kier alpha value is -0.0800. The molecule has 48 valence electrons. The van der Waals surface area contributed by atoms with Gasteiger partial charge in [-0.25, -0.2) is 0 Å². The van der Waals surface area contributed by atoms with Crippen molar-refractivity contribution in [2.75, 3.05) is 13.1 Å². The Morgan fingerprint density at radius 2 is 2.50 bits per heavy atom. The van der Waals surface area contributed by atoms with Crippen molar-refractivity contribution in [3.8, 4) is 0 Å². The number of hydrogen-bond donors (Lipinski definition) is 2. The maximum absolute atomic E-state index is 5.48. The van der Waals surface area contributed by atoms with Crippen molar-refractivity contribution in [1.29, 1.82) is 0 Å². The highest BCUT2D eigenvalue weighted by atomic mass is 14.9. The first-order chi connectivity index (χ1) is 3.84. The molecule has 0 amide bonds. The van der Waals surface area contributed by atoms with Gasteiger partial charge in [0.15, 0.2) is 0 Å². The Morgan fingerprint density at radius 3 is 2.75 bits per heavy atom. The minimum absolute atomic E-state index is 0.653. The summed E-state index contributed by atoms with van der Waals surface area (Å²) < 4.78 is 0. The van der Waals surface area contributed by atoms with Crippen molar-refractivity contribution in [3.05, 3.63) is 0 Å². The summed E-state index contributed by atoms with van der Waals surface area (Å²) in [6.07, 6.45) is 1.26. The number of hydrogen-bond acceptors (Lipinski definition) is 2. The van der Waals surface area contributed by atoms with Gasteiger partial charge in [-0.2, -0.15) is 0 Å². The molecule has 8 heavy (non-hydrogen) atoms. The van der Waals surface area contributed by atoms with Crippen LogP contribution in [0.25, 0.3) is 0 Å². The van der Waals surface area contributed by atoms with Crippen LogP contribution < -0.4 is 11.1 Å². The fraction of sp³-hybridized carbons (Fsp3) is 1.00. The second-order valence-corrected chi connectivity index (χ2v) is 2.53. The molecule has 1 fully saturated rings. The predicted octanol–water partition coefficient (Wildman–Crippen LogP) is -0.0569. The highest BCUT2D eigenvalue weighted by Crippen LogP contribution is 2.12. The molecule has 1 rings (SSSR count). The first kappa shape index (κ1) is 6.05. The van der Waals surface area contributed by atoms with Crippen LogP contribution in [0.4, 0.5) is 0 Å². The molecular formula is C6H14N2. The highest BCUT2D eigenvalue weighted by molar-refractivity contribution is 4.79. The van der Waals surface area contributed by atoms with Crippen molar-refractivity contribution in [3.63, 3.8) is 0 Å². The van der Waals surface area contributed by atoms with E-state index < -0.39 is 0 Å². The lowest BCUT2D eigenvalue weighted by Gasteiger charge is -2.10. The molecule has 0 saturated carbocycles. The third-order valence-electron chi connectivity index (χ3n) is 1.99. The van der Waals surface area contributed by atoms with Crippen molar-refractivity contribution in [1.82, 2.24) is 5.32 Å². The van der Waals surface area contributed by atoms with E-state index in [0.717, 1.165) is 19.0 Å². The normalized spacial score (nSPS) is 38.2. The summed E-state index contributed by atoms with van der Waals surface area (Å²) in [6.45, 7) is 4.20. The van der Waals surface area contributed by atoms with Crippen molar-refractivity contribution < 1.29 is 0 Å². The summed E-state index contributed by atoms with van der Waals surface area (Å²) in [7, 11) is 0. The van der Waals surface area contributed by atoms with Gasteiger partial charge >= 0.3 is 0 Å². The SMILES string of the molecule is C[C@H]1NCCC1CN. The maximum Gasteiger partial charge on any atom is 0.00795 e. The van der Waals surface area contributed by atoms with E-state index in [2.05, 4.69) is 12.2 Å². The van der Waals surface area contributed by atoms with Crippen molar-refractivity contribution in [2.24, 2.45) is 11.7 Å². The van der Waals surface area contributed by atoms with Crippen LogP contribution in [0.1, 0.15) is 13.3 Å². The van der Waals surface area contributed by atoms with Crippen LogP contribution in [0.15, 0.2) is 0 Å². The lowest BCUT2D eigenvalue weighted by Crippen LogP contribution is -2.27. The second-order valence-electron chi connectivity index (χ2n) is 2.53. The van der Waals surface area contributed by atoms with Crippen LogP contribution in [0.3, 0.4) is 0 Å². The van der Waals surface area contributed by atoms with Gasteiger partial charge in [0.2, 0.25) is 0 Å². The fourth-order valence-corrected chi connectivity index (χ4v) is 1.24. The van der Waals surface area contributed by atoms with E-state index in [4.69, 9.17) is 5.73 Å². The Kier molecular flexibility index (Phi) is 1.86. The van der Waals surface area contributed by atoms with Gasteiger partial charge in [-0.1, -0.05) is 0 Å². The summed E-state index contributed by atoms with van der Waals surface area (Å²) >= 11 is 0. The van der Waals surface area contributed by atoms with Crippen molar-refractivity contribution >= 4 is 0 Å². The molecule has 1 heterocycles. The molecule has 2 atom stereocenters. The molecule has 0 spiro atoms. The van der Waals surface area contributed by atoms with Crippen LogP contribution in [0.2, 0.25) is 0 Å². The van der Waals surface area contributed by atoms with Gasteiger partial charge in [0.25, 0.3) is 0 Å². The first-order valence-corrected chi connectivity index (χ1v) is 3.28. The van der Waals surface area contributed by atoms with Gasteiger partial charge in [-0.05, 0) is 32.4 Å². The summed E-state index contributed by atoms with van der Waals surface area (Å²) in [4.78, 5) is 0. The third-order valence-corrected chi connectivity index (χ3v) is 1.99. The predicted molar refractivity (Wildman–Crippen MR) is 34.6 cm³/mol. The molecular weight excluding hydrogens is 100 g/mol. The number of nitrogens with two attached hydrogens (primary N) is 1. The Balaban J connectivity index is 2.30. The van der Waals surface area contributed by atoms with Crippen LogP contribution in [-0.4, -0.2) is 19.1 Å². The molecule has 1 aliphatic rings. The largest absolute Gasteiger partial charge is 0.330 e. The Morgan fingerprint density at radius 1 is 1.75 bits per heavy atom. The van der Waals surface area contributed by atoms with Gasteiger partial charge in [0, 0.05) is 6.04 Å². The van der Waals surface area contributed by atoms with E-state index in [1.807, 2.05) is 0 Å². The molecule has 1 saturated heterocycles. The second kappa shape index (κ2) is 2.46. The van der Waals surface area contributed by atoms with Gasteiger partial charge in [0.05, 0.1) is 0 Å². The van der Waals surface area contributed by atoms with E-state index in [1.165, 1.54) is 6.42 Å². The minimum atomic E-state index is 0.653. The van der Waals surface area contributed by atoms with Crippen molar-refractivity contribution in [2.45, 2.75) is 19.4 Å². The molecule has 1 unspecified atom stereocenters. The first-order valence-electron chi connectivity index (χ1n) is 3.28. The summed E-state index contributed by atoms with van der Waals surface area (Å²) in [5.74, 6) is 0.731. The maximum atomic E-state index is 5.48. The molecule has 0 aromatic heterocycles. The van der Waals surface area contributed by atoms with Gasteiger partial charge in [-0.15, -0.1) is 0 Å². The molecule has 0 aromatic rings. The summed E-state index contributed by atoms with van der Waals surface area (Å²) in [5.41, 5.74) is 5.48. The van der Waals surface area contributed by atoms with Crippen LogP contribution in [-0.2, 0) is 0 Å². The van der Waals surface area contributed by atoms with Crippen LogP contribution >= 0.6 is 0 Å². The zero-order valence-electron chi connectivity index (χ0n) is 5.35. The Bertz CT molecular complexity index is 72.9. The standard InChI is InChI=1S/C6H14N2/c1-5-6(4-7)2-3-8-5/h5-6,8H,2-4,7H2,1H3/t5-,6?/m1/s1. The number of nitrogens with one attached hydrogen (secondary N) is 1. The molecule has 1 aliphatic heterocycles. The van der Waals surface area contributed by atoms with Crippen LogP contribution in [0.5, 0.6) is 0 Å². The minimum Gasteiger partial charge on any atom is -0.330 e. The highest BCUT2D eigenvalue weighted by Gasteiger charge is 2.20. The van der Waals surface area contributed by atoms with E-state index in [0.29, 0.717) is 6.04 Å².